The Hall–Kier alpha value is 0.130. The molecular formula is C11H21NO2S2. The summed E-state index contributed by atoms with van der Waals surface area (Å²) in [5.74, 6) is 4.67. The number of ether oxygens (including phenoxy) is 1. The molecule has 1 rings (SSSR count). The Kier molecular flexibility index (Phi) is 6.61. The zero-order valence-corrected chi connectivity index (χ0v) is 11.9. The van der Waals surface area contributed by atoms with E-state index in [0.717, 1.165) is 18.2 Å². The van der Waals surface area contributed by atoms with E-state index in [-0.39, 0.29) is 12.0 Å². The number of thioether (sulfide) groups is 2. The van der Waals surface area contributed by atoms with Crippen molar-refractivity contribution >= 4 is 29.5 Å². The van der Waals surface area contributed by atoms with Gasteiger partial charge in [-0.1, -0.05) is 13.8 Å². The zero-order chi connectivity index (χ0) is 12.0. The molecule has 16 heavy (non-hydrogen) atoms. The second-order valence-corrected chi connectivity index (χ2v) is 6.48. The third kappa shape index (κ3) is 4.55. The van der Waals surface area contributed by atoms with Gasteiger partial charge in [-0.3, -0.25) is 9.69 Å². The molecule has 1 fully saturated rings. The molecule has 1 heterocycles. The lowest BCUT2D eigenvalue weighted by molar-refractivity contribution is -0.146. The van der Waals surface area contributed by atoms with Crippen molar-refractivity contribution in [1.29, 1.82) is 0 Å². The molecule has 5 heteroatoms. The van der Waals surface area contributed by atoms with Crippen molar-refractivity contribution in [2.45, 2.75) is 26.3 Å². The van der Waals surface area contributed by atoms with Crippen LogP contribution in [0.15, 0.2) is 0 Å². The van der Waals surface area contributed by atoms with Gasteiger partial charge in [0.15, 0.2) is 0 Å². The van der Waals surface area contributed by atoms with E-state index in [4.69, 9.17) is 4.74 Å². The summed E-state index contributed by atoms with van der Waals surface area (Å²) in [7, 11) is 1.48. The average Bonchev–Trinajstić information content (AvgIpc) is 2.53. The second kappa shape index (κ2) is 7.45. The molecule has 3 nitrogen and oxygen atoms in total. The van der Waals surface area contributed by atoms with Crippen molar-refractivity contribution in [3.8, 4) is 0 Å². The highest BCUT2D eigenvalue weighted by molar-refractivity contribution is 8.03. The van der Waals surface area contributed by atoms with Crippen LogP contribution in [0.1, 0.15) is 20.3 Å². The topological polar surface area (TPSA) is 29.5 Å². The lowest BCUT2D eigenvalue weighted by Crippen LogP contribution is -2.42. The molecule has 1 atom stereocenters. The molecule has 0 spiro atoms. The first kappa shape index (κ1) is 14.2. The van der Waals surface area contributed by atoms with Crippen LogP contribution in [0, 0.1) is 5.92 Å². The molecule has 1 unspecified atom stereocenters. The summed E-state index contributed by atoms with van der Waals surface area (Å²) in [6, 6.07) is -0.0666. The minimum Gasteiger partial charge on any atom is -0.468 e. The minimum atomic E-state index is -0.0863. The first-order valence-electron chi connectivity index (χ1n) is 5.62. The van der Waals surface area contributed by atoms with E-state index in [1.54, 1.807) is 0 Å². The highest BCUT2D eigenvalue weighted by atomic mass is 32.2. The summed E-state index contributed by atoms with van der Waals surface area (Å²) < 4.78 is 4.91. The molecule has 0 saturated carbocycles. The second-order valence-electron chi connectivity index (χ2n) is 4.33. The summed E-state index contributed by atoms with van der Waals surface area (Å²) >= 11 is 3.81. The summed E-state index contributed by atoms with van der Waals surface area (Å²) in [5.41, 5.74) is 0. The van der Waals surface area contributed by atoms with Crippen molar-refractivity contribution in [2.24, 2.45) is 5.92 Å². The van der Waals surface area contributed by atoms with E-state index in [1.807, 2.05) is 23.5 Å². The first-order valence-corrected chi connectivity index (χ1v) is 7.93. The van der Waals surface area contributed by atoms with Crippen LogP contribution in [0.5, 0.6) is 0 Å². The number of hydrogen-bond donors (Lipinski definition) is 0. The quantitative estimate of drug-likeness (QED) is 0.726. The fourth-order valence-corrected chi connectivity index (χ4v) is 4.00. The highest BCUT2D eigenvalue weighted by Crippen LogP contribution is 2.22. The molecule has 94 valence electrons. The molecule has 0 aliphatic carbocycles. The normalized spacial score (nSPS) is 20.5. The van der Waals surface area contributed by atoms with Crippen LogP contribution in [0.3, 0.4) is 0 Å². The van der Waals surface area contributed by atoms with Crippen LogP contribution in [0.2, 0.25) is 0 Å². The summed E-state index contributed by atoms with van der Waals surface area (Å²) in [4.78, 5) is 14.0. The van der Waals surface area contributed by atoms with Gasteiger partial charge in [0.25, 0.3) is 0 Å². The standard InChI is InChI=1S/C11H21NO2S2/c1-9(2)6-10(11(13)14-3)12-7-15-4-5-16-8-12/h9-10H,4-8H2,1-3H3. The lowest BCUT2D eigenvalue weighted by atomic mass is 10.0. The fourth-order valence-electron chi connectivity index (χ4n) is 1.68. The highest BCUT2D eigenvalue weighted by Gasteiger charge is 2.28. The van der Waals surface area contributed by atoms with Crippen molar-refractivity contribution in [2.75, 3.05) is 30.4 Å². The van der Waals surface area contributed by atoms with Gasteiger partial charge in [0, 0.05) is 23.3 Å². The van der Waals surface area contributed by atoms with Crippen molar-refractivity contribution in [3.63, 3.8) is 0 Å². The molecule has 1 saturated heterocycles. The summed E-state index contributed by atoms with van der Waals surface area (Å²) in [6.07, 6.45) is 0.883. The molecule has 0 radical (unpaired) electrons. The van der Waals surface area contributed by atoms with E-state index >= 15 is 0 Å². The van der Waals surface area contributed by atoms with Gasteiger partial charge >= 0.3 is 5.97 Å². The van der Waals surface area contributed by atoms with Gasteiger partial charge in [-0.25, -0.2) is 0 Å². The molecule has 0 N–H and O–H groups in total. The fraction of sp³-hybridized carbons (Fsp3) is 0.909. The predicted molar refractivity (Wildman–Crippen MR) is 71.7 cm³/mol. The first-order chi connectivity index (χ1) is 7.65. The Morgan fingerprint density at radius 1 is 1.31 bits per heavy atom. The molecule has 0 aromatic rings. The van der Waals surface area contributed by atoms with Gasteiger partial charge < -0.3 is 4.74 Å². The van der Waals surface area contributed by atoms with Gasteiger partial charge in [-0.05, 0) is 12.3 Å². The molecule has 0 aromatic heterocycles. The number of carbonyl (C=O) groups is 1. The Balaban J connectivity index is 2.61. The minimum absolute atomic E-state index is 0.0666. The summed E-state index contributed by atoms with van der Waals surface area (Å²) in [5, 5.41) is 0. The van der Waals surface area contributed by atoms with Crippen molar-refractivity contribution < 1.29 is 9.53 Å². The van der Waals surface area contributed by atoms with Crippen LogP contribution in [-0.4, -0.2) is 47.3 Å². The van der Waals surface area contributed by atoms with Crippen LogP contribution >= 0.6 is 23.5 Å². The van der Waals surface area contributed by atoms with Crippen LogP contribution in [0.25, 0.3) is 0 Å². The largest absolute Gasteiger partial charge is 0.468 e. The van der Waals surface area contributed by atoms with Gasteiger partial charge in [0.05, 0.1) is 7.11 Å². The average molecular weight is 263 g/mol. The van der Waals surface area contributed by atoms with E-state index in [2.05, 4.69) is 18.7 Å². The Morgan fingerprint density at radius 2 is 1.88 bits per heavy atom. The number of methoxy groups -OCH3 is 1. The van der Waals surface area contributed by atoms with Crippen LogP contribution in [0.4, 0.5) is 0 Å². The van der Waals surface area contributed by atoms with Crippen LogP contribution in [-0.2, 0) is 9.53 Å². The Morgan fingerprint density at radius 3 is 2.31 bits per heavy atom. The predicted octanol–water partition coefficient (Wildman–Crippen LogP) is 2.27. The van der Waals surface area contributed by atoms with Gasteiger partial charge in [-0.2, -0.15) is 0 Å². The number of nitrogens with zero attached hydrogens (tertiary/aromatic N) is 1. The van der Waals surface area contributed by atoms with Crippen LogP contribution < -0.4 is 0 Å². The molecular weight excluding hydrogens is 242 g/mol. The number of rotatable bonds is 4. The lowest BCUT2D eigenvalue weighted by Gasteiger charge is -2.28. The smallest absolute Gasteiger partial charge is 0.323 e. The van der Waals surface area contributed by atoms with Gasteiger partial charge in [-0.15, -0.1) is 23.5 Å². The molecule has 0 aromatic carbocycles. The Labute approximate surface area is 107 Å². The SMILES string of the molecule is COC(=O)C(CC(C)C)N1CSCCSC1. The number of hydrogen-bond acceptors (Lipinski definition) is 5. The van der Waals surface area contributed by atoms with Crippen molar-refractivity contribution in [1.82, 2.24) is 4.90 Å². The molecule has 0 amide bonds. The van der Waals surface area contributed by atoms with E-state index in [1.165, 1.54) is 18.6 Å². The molecule has 1 aliphatic heterocycles. The molecule has 1 aliphatic rings. The molecule has 0 bridgehead atoms. The maximum Gasteiger partial charge on any atom is 0.323 e. The monoisotopic (exact) mass is 263 g/mol. The zero-order valence-electron chi connectivity index (χ0n) is 10.3. The van der Waals surface area contributed by atoms with Crippen molar-refractivity contribution in [3.05, 3.63) is 0 Å². The maximum atomic E-state index is 11.8. The number of carbonyl (C=O) groups excluding carboxylic acids is 1. The van der Waals surface area contributed by atoms with Gasteiger partial charge in [0.1, 0.15) is 6.04 Å². The van der Waals surface area contributed by atoms with Gasteiger partial charge in [0.2, 0.25) is 0 Å². The Bertz CT molecular complexity index is 216. The number of esters is 1. The maximum absolute atomic E-state index is 11.8. The van der Waals surface area contributed by atoms with E-state index < -0.39 is 0 Å². The van der Waals surface area contributed by atoms with E-state index in [9.17, 15) is 4.79 Å². The third-order valence-corrected chi connectivity index (χ3v) is 4.77. The summed E-state index contributed by atoms with van der Waals surface area (Å²) in [6.45, 7) is 4.29. The van der Waals surface area contributed by atoms with E-state index in [0.29, 0.717) is 5.92 Å². The third-order valence-electron chi connectivity index (χ3n) is 2.49.